The van der Waals surface area contributed by atoms with Gasteiger partial charge in [-0.15, -0.1) is 0 Å². The molecular weight excluding hydrogens is 372 g/mol. The van der Waals surface area contributed by atoms with Crippen LogP contribution < -0.4 is 0 Å². The van der Waals surface area contributed by atoms with Crippen LogP contribution in [0.25, 0.3) is 0 Å². The first kappa shape index (κ1) is 21.8. The maximum absolute atomic E-state index is 11.9. The van der Waals surface area contributed by atoms with Gasteiger partial charge in [-0.1, -0.05) is 37.6 Å². The molecule has 0 aromatic carbocycles. The van der Waals surface area contributed by atoms with Crippen molar-refractivity contribution in [1.29, 1.82) is 0 Å². The van der Waals surface area contributed by atoms with Crippen molar-refractivity contribution in [3.05, 3.63) is 36.0 Å². The van der Waals surface area contributed by atoms with Crippen LogP contribution in [0, 0.1) is 16.7 Å². The number of aliphatic hydroxyl groups is 1. The Balaban J connectivity index is 2.07. The lowest BCUT2D eigenvalue weighted by Crippen LogP contribution is -2.54. The third-order valence-corrected chi connectivity index (χ3v) is 6.87. The summed E-state index contributed by atoms with van der Waals surface area (Å²) >= 11 is 0. The second kappa shape index (κ2) is 8.07. The zero-order valence-corrected chi connectivity index (χ0v) is 17.8. The van der Waals surface area contributed by atoms with E-state index in [2.05, 4.69) is 19.6 Å². The Kier molecular flexibility index (Phi) is 6.06. The van der Waals surface area contributed by atoms with Crippen molar-refractivity contribution >= 4 is 11.9 Å². The molecule has 1 unspecified atom stereocenters. The van der Waals surface area contributed by atoms with Gasteiger partial charge in [0.25, 0.3) is 0 Å². The van der Waals surface area contributed by atoms with Crippen LogP contribution >= 0.6 is 0 Å². The SMILES string of the molecule is C=C/C(C)=C\C[C@]1(C)CCC[C@@]23C(=C[C@H](O)C[C@@H]12)[C@@H](OC(C)=O)OC3OC(C)=O. The van der Waals surface area contributed by atoms with Gasteiger partial charge in [0.2, 0.25) is 12.6 Å². The van der Waals surface area contributed by atoms with E-state index in [9.17, 15) is 14.7 Å². The van der Waals surface area contributed by atoms with Crippen molar-refractivity contribution in [2.24, 2.45) is 16.7 Å². The number of carbonyl (C=O) groups excluding carboxylic acids is 2. The molecule has 1 saturated heterocycles. The van der Waals surface area contributed by atoms with Crippen LogP contribution in [0.1, 0.15) is 59.8 Å². The van der Waals surface area contributed by atoms with Crippen molar-refractivity contribution in [3.63, 3.8) is 0 Å². The summed E-state index contributed by atoms with van der Waals surface area (Å²) in [5, 5.41) is 10.7. The molecule has 6 atom stereocenters. The lowest BCUT2D eigenvalue weighted by atomic mass is 9.49. The molecule has 0 bridgehead atoms. The molecule has 1 heterocycles. The first-order valence-electron chi connectivity index (χ1n) is 10.3. The normalized spacial score (nSPS) is 39.1. The molecule has 1 spiro atoms. The molecule has 0 amide bonds. The van der Waals surface area contributed by atoms with Crippen LogP contribution in [0.3, 0.4) is 0 Å². The van der Waals surface area contributed by atoms with Crippen molar-refractivity contribution in [3.8, 4) is 0 Å². The number of allylic oxidation sites excluding steroid dienone is 3. The van der Waals surface area contributed by atoms with E-state index in [1.807, 2.05) is 13.0 Å². The number of aliphatic hydroxyl groups excluding tert-OH is 1. The van der Waals surface area contributed by atoms with Gasteiger partial charge < -0.3 is 14.6 Å². The van der Waals surface area contributed by atoms with Crippen molar-refractivity contribution < 1.29 is 28.9 Å². The van der Waals surface area contributed by atoms with E-state index in [1.54, 1.807) is 6.08 Å². The monoisotopic (exact) mass is 404 g/mol. The van der Waals surface area contributed by atoms with Gasteiger partial charge in [-0.05, 0) is 50.0 Å². The minimum Gasteiger partial charge on any atom is -0.435 e. The summed E-state index contributed by atoms with van der Waals surface area (Å²) in [7, 11) is 0. The fourth-order valence-electron chi connectivity index (χ4n) is 5.54. The van der Waals surface area contributed by atoms with E-state index in [0.29, 0.717) is 6.42 Å². The van der Waals surface area contributed by atoms with E-state index < -0.39 is 36.0 Å². The lowest BCUT2D eigenvalue weighted by Gasteiger charge is -2.55. The fraction of sp³-hybridized carbons (Fsp3) is 0.652. The Labute approximate surface area is 172 Å². The summed E-state index contributed by atoms with van der Waals surface area (Å²) in [6.45, 7) is 10.8. The molecular formula is C23H32O6. The summed E-state index contributed by atoms with van der Waals surface area (Å²) in [4.78, 5) is 23.5. The van der Waals surface area contributed by atoms with Gasteiger partial charge in [0.15, 0.2) is 0 Å². The van der Waals surface area contributed by atoms with Crippen molar-refractivity contribution in [1.82, 2.24) is 0 Å². The predicted molar refractivity (Wildman–Crippen MR) is 107 cm³/mol. The van der Waals surface area contributed by atoms with Gasteiger partial charge in [-0.3, -0.25) is 14.3 Å². The summed E-state index contributed by atoms with van der Waals surface area (Å²) in [6, 6.07) is 0. The van der Waals surface area contributed by atoms with Crippen LogP contribution in [-0.2, 0) is 23.8 Å². The third kappa shape index (κ3) is 3.92. The molecule has 0 aromatic heterocycles. The highest BCUT2D eigenvalue weighted by Crippen LogP contribution is 2.65. The molecule has 160 valence electrons. The van der Waals surface area contributed by atoms with E-state index in [1.165, 1.54) is 13.8 Å². The molecule has 1 aliphatic heterocycles. The van der Waals surface area contributed by atoms with Crippen LogP contribution in [0.5, 0.6) is 0 Å². The number of hydrogen-bond acceptors (Lipinski definition) is 6. The van der Waals surface area contributed by atoms with E-state index in [-0.39, 0.29) is 11.3 Å². The molecule has 29 heavy (non-hydrogen) atoms. The Morgan fingerprint density at radius 3 is 2.59 bits per heavy atom. The molecule has 2 aliphatic carbocycles. The summed E-state index contributed by atoms with van der Waals surface area (Å²) < 4.78 is 17.0. The third-order valence-electron chi connectivity index (χ3n) is 6.87. The topological polar surface area (TPSA) is 82.1 Å². The first-order chi connectivity index (χ1) is 13.6. The zero-order chi connectivity index (χ0) is 21.4. The second-order valence-electron chi connectivity index (χ2n) is 8.90. The van der Waals surface area contributed by atoms with E-state index in [4.69, 9.17) is 14.2 Å². The predicted octanol–water partition coefficient (Wildman–Crippen LogP) is 3.80. The standard InChI is InChI=1S/C23H32O6/c1-6-14(2)8-11-22(5)9-7-10-23-18(12-17(26)13-19(22)23)20(27-15(3)24)29-21(23)28-16(4)25/h6,8,12,17,19-21,26H,1,7,9-11,13H2,2-5H3/b14-8-/t17-,19-,20-,21?,22-,23+/m0/s1. The highest BCUT2D eigenvalue weighted by molar-refractivity contribution is 5.67. The van der Waals surface area contributed by atoms with Crippen molar-refractivity contribution in [2.45, 2.75) is 78.5 Å². The fourth-order valence-corrected chi connectivity index (χ4v) is 5.54. The number of carbonyl (C=O) groups is 2. The van der Waals surface area contributed by atoms with Gasteiger partial charge in [-0.2, -0.15) is 0 Å². The molecule has 1 N–H and O–H groups in total. The van der Waals surface area contributed by atoms with Crippen LogP contribution in [-0.4, -0.2) is 35.7 Å². The molecule has 6 heteroatoms. The van der Waals surface area contributed by atoms with Gasteiger partial charge >= 0.3 is 11.9 Å². The van der Waals surface area contributed by atoms with Crippen LogP contribution in [0.2, 0.25) is 0 Å². The average Bonchev–Trinajstić information content (AvgIpc) is 2.90. The van der Waals surface area contributed by atoms with Crippen molar-refractivity contribution in [2.75, 3.05) is 0 Å². The number of esters is 2. The highest BCUT2D eigenvalue weighted by atomic mass is 16.8. The first-order valence-corrected chi connectivity index (χ1v) is 10.3. The van der Waals surface area contributed by atoms with E-state index >= 15 is 0 Å². The molecule has 0 radical (unpaired) electrons. The number of rotatable bonds is 5. The maximum atomic E-state index is 11.9. The Morgan fingerprint density at radius 1 is 1.28 bits per heavy atom. The van der Waals surface area contributed by atoms with Crippen LogP contribution in [0.4, 0.5) is 0 Å². The van der Waals surface area contributed by atoms with Gasteiger partial charge in [-0.25, -0.2) is 0 Å². The van der Waals surface area contributed by atoms with Crippen LogP contribution in [0.15, 0.2) is 36.0 Å². The second-order valence-corrected chi connectivity index (χ2v) is 8.90. The molecule has 1 saturated carbocycles. The quantitative estimate of drug-likeness (QED) is 0.426. The maximum Gasteiger partial charge on any atom is 0.305 e. The molecule has 6 nitrogen and oxygen atoms in total. The molecule has 3 rings (SSSR count). The Bertz CT molecular complexity index is 752. The summed E-state index contributed by atoms with van der Waals surface area (Å²) in [5.74, 6) is -0.904. The number of hydrogen-bond donors (Lipinski definition) is 1. The molecule has 2 fully saturated rings. The van der Waals surface area contributed by atoms with E-state index in [0.717, 1.165) is 36.8 Å². The summed E-state index contributed by atoms with van der Waals surface area (Å²) in [6.07, 6.45) is 7.35. The van der Waals surface area contributed by atoms with Gasteiger partial charge in [0.1, 0.15) is 0 Å². The Morgan fingerprint density at radius 2 is 1.97 bits per heavy atom. The molecule has 3 aliphatic rings. The highest BCUT2D eigenvalue weighted by Gasteiger charge is 2.66. The zero-order valence-electron chi connectivity index (χ0n) is 17.8. The Hall–Kier alpha value is -1.92. The smallest absolute Gasteiger partial charge is 0.305 e. The van der Waals surface area contributed by atoms with Gasteiger partial charge in [0.05, 0.1) is 11.5 Å². The largest absolute Gasteiger partial charge is 0.435 e. The number of ether oxygens (including phenoxy) is 3. The molecule has 0 aromatic rings. The minimum atomic E-state index is -0.942. The average molecular weight is 405 g/mol. The minimum absolute atomic E-state index is 0.0116. The summed E-state index contributed by atoms with van der Waals surface area (Å²) in [5.41, 5.74) is 1.11. The van der Waals surface area contributed by atoms with Gasteiger partial charge in [0, 0.05) is 19.4 Å². The lowest BCUT2D eigenvalue weighted by molar-refractivity contribution is -0.232.